The van der Waals surface area contributed by atoms with Crippen molar-refractivity contribution in [3.8, 4) is 28.7 Å². The van der Waals surface area contributed by atoms with E-state index in [-0.39, 0.29) is 24.2 Å². The van der Waals surface area contributed by atoms with Crippen molar-refractivity contribution in [2.75, 3.05) is 26.3 Å². The third-order valence-electron chi connectivity index (χ3n) is 5.97. The smallest absolute Gasteiger partial charge is 0.231 e. The first-order valence-electron chi connectivity index (χ1n) is 12.6. The first-order valence-corrected chi connectivity index (χ1v) is 12.6. The lowest BCUT2D eigenvalue weighted by Gasteiger charge is -2.21. The molecular formula is C31H35NO6. The minimum atomic E-state index is -0.255. The summed E-state index contributed by atoms with van der Waals surface area (Å²) < 4.78 is 27.8. The summed E-state index contributed by atoms with van der Waals surface area (Å²) in [6.45, 7) is 8.14. The number of hydrogen-bond donors (Lipinski definition) is 1. The number of fused-ring (bicyclic) bond motifs is 1. The highest BCUT2D eigenvalue weighted by Gasteiger charge is 2.20. The zero-order valence-electron chi connectivity index (χ0n) is 22.8. The number of ether oxygens (including phenoxy) is 5. The third-order valence-corrected chi connectivity index (χ3v) is 5.97. The van der Waals surface area contributed by atoms with Crippen LogP contribution < -0.4 is 29.0 Å². The van der Waals surface area contributed by atoms with Gasteiger partial charge in [-0.3, -0.25) is 4.79 Å². The fraction of sp³-hybridized carbons (Fsp3) is 0.323. The van der Waals surface area contributed by atoms with Gasteiger partial charge in [0.05, 0.1) is 19.9 Å². The maximum absolute atomic E-state index is 13.1. The second kappa shape index (κ2) is 11.5. The summed E-state index contributed by atoms with van der Waals surface area (Å²) in [5.41, 5.74) is 3.23. The van der Waals surface area contributed by atoms with Crippen LogP contribution in [0.4, 0.5) is 5.69 Å². The Kier molecular flexibility index (Phi) is 8.15. The summed E-state index contributed by atoms with van der Waals surface area (Å²) in [5.74, 6) is 2.96. The van der Waals surface area contributed by atoms with Crippen LogP contribution in [-0.2, 0) is 11.2 Å². The molecule has 7 heteroatoms. The molecule has 0 spiro atoms. The number of nitrogens with one attached hydrogen (secondary N) is 1. The number of carbonyl (C=O) groups excluding carboxylic acids is 1. The van der Waals surface area contributed by atoms with E-state index in [0.29, 0.717) is 35.1 Å². The van der Waals surface area contributed by atoms with Crippen molar-refractivity contribution in [3.05, 3.63) is 71.3 Å². The highest BCUT2D eigenvalue weighted by atomic mass is 16.7. The highest BCUT2D eigenvalue weighted by Crippen LogP contribution is 2.42. The molecule has 1 aliphatic rings. The maximum Gasteiger partial charge on any atom is 0.231 e. The largest absolute Gasteiger partial charge is 0.495 e. The van der Waals surface area contributed by atoms with Gasteiger partial charge in [0.1, 0.15) is 17.1 Å². The molecule has 200 valence electrons. The van der Waals surface area contributed by atoms with Gasteiger partial charge < -0.3 is 29.0 Å². The van der Waals surface area contributed by atoms with Gasteiger partial charge in [-0.15, -0.1) is 0 Å². The summed E-state index contributed by atoms with van der Waals surface area (Å²) in [5, 5.41) is 3.04. The van der Waals surface area contributed by atoms with Gasteiger partial charge >= 0.3 is 0 Å². The molecule has 3 aromatic rings. The molecule has 0 radical (unpaired) electrons. The van der Waals surface area contributed by atoms with Gasteiger partial charge in [-0.2, -0.15) is 0 Å². The molecule has 0 unspecified atom stereocenters. The van der Waals surface area contributed by atoms with Gasteiger partial charge in [0.15, 0.2) is 11.5 Å². The molecular weight excluding hydrogens is 482 g/mol. The van der Waals surface area contributed by atoms with Crippen molar-refractivity contribution in [1.82, 2.24) is 0 Å². The van der Waals surface area contributed by atoms with Crippen LogP contribution in [0.2, 0.25) is 0 Å². The van der Waals surface area contributed by atoms with E-state index in [2.05, 4.69) is 5.32 Å². The van der Waals surface area contributed by atoms with E-state index in [1.807, 2.05) is 94.4 Å². The molecule has 0 bridgehead atoms. The summed E-state index contributed by atoms with van der Waals surface area (Å²) in [6.07, 6.45) is 4.51. The number of benzene rings is 3. The zero-order chi connectivity index (χ0) is 27.3. The lowest BCUT2D eigenvalue weighted by Crippen LogP contribution is -2.23. The Bertz CT molecular complexity index is 1310. The van der Waals surface area contributed by atoms with E-state index >= 15 is 0 Å². The minimum Gasteiger partial charge on any atom is -0.495 e. The van der Waals surface area contributed by atoms with Gasteiger partial charge in [-0.1, -0.05) is 37.3 Å². The minimum absolute atomic E-state index is 0.0834. The number of anilines is 1. The van der Waals surface area contributed by atoms with E-state index in [9.17, 15) is 4.79 Å². The molecule has 1 N–H and O–H groups in total. The van der Waals surface area contributed by atoms with Crippen molar-refractivity contribution >= 4 is 23.7 Å². The van der Waals surface area contributed by atoms with Crippen molar-refractivity contribution in [3.63, 3.8) is 0 Å². The fourth-order valence-corrected chi connectivity index (χ4v) is 4.11. The molecule has 4 rings (SSSR count). The summed E-state index contributed by atoms with van der Waals surface area (Å²) >= 11 is 0. The van der Waals surface area contributed by atoms with Crippen molar-refractivity contribution in [2.24, 2.45) is 5.92 Å². The fourth-order valence-electron chi connectivity index (χ4n) is 4.11. The molecule has 1 amide bonds. The van der Waals surface area contributed by atoms with Gasteiger partial charge in [0.2, 0.25) is 18.4 Å². The standard InChI is InChI=1S/C31H35NO6/c1-20(15-21-9-12-24(13-10-21)38-31(2,3)4)30(33)32-25-16-22(11-14-26(25)34-5)7-8-23-17-27(35-6)29-28(18-23)36-19-37-29/h7-14,16-18,20H,15,19H2,1-6H3,(H,32,33)/b8-7-/t20-/m0/s1. The molecule has 0 fully saturated rings. The molecule has 0 aromatic heterocycles. The summed E-state index contributed by atoms with van der Waals surface area (Å²) in [7, 11) is 3.19. The second-order valence-electron chi connectivity index (χ2n) is 10.2. The first kappa shape index (κ1) is 26.9. The average molecular weight is 518 g/mol. The van der Waals surface area contributed by atoms with Crippen LogP contribution in [0.1, 0.15) is 44.4 Å². The average Bonchev–Trinajstić information content (AvgIpc) is 3.36. The van der Waals surface area contributed by atoms with Crippen LogP contribution in [-0.4, -0.2) is 32.5 Å². The topological polar surface area (TPSA) is 75.3 Å². The third kappa shape index (κ3) is 6.79. The Morgan fingerprint density at radius 1 is 0.947 bits per heavy atom. The van der Waals surface area contributed by atoms with Gasteiger partial charge in [-0.25, -0.2) is 0 Å². The Morgan fingerprint density at radius 3 is 2.34 bits per heavy atom. The van der Waals surface area contributed by atoms with Crippen molar-refractivity contribution in [2.45, 2.75) is 39.7 Å². The zero-order valence-corrected chi connectivity index (χ0v) is 22.8. The molecule has 1 aliphatic heterocycles. The van der Waals surface area contributed by atoms with E-state index in [1.165, 1.54) is 0 Å². The van der Waals surface area contributed by atoms with Gasteiger partial charge in [0.25, 0.3) is 0 Å². The van der Waals surface area contributed by atoms with Crippen LogP contribution >= 0.6 is 0 Å². The molecule has 0 aliphatic carbocycles. The summed E-state index contributed by atoms with van der Waals surface area (Å²) in [4.78, 5) is 13.1. The highest BCUT2D eigenvalue weighted by molar-refractivity contribution is 5.94. The van der Waals surface area contributed by atoms with Crippen molar-refractivity contribution < 1.29 is 28.5 Å². The first-order chi connectivity index (χ1) is 18.1. The van der Waals surface area contributed by atoms with Crippen LogP contribution in [0.15, 0.2) is 54.6 Å². The number of rotatable bonds is 9. The lowest BCUT2D eigenvalue weighted by molar-refractivity contribution is -0.119. The maximum atomic E-state index is 13.1. The second-order valence-corrected chi connectivity index (χ2v) is 10.2. The van der Waals surface area contributed by atoms with E-state index in [0.717, 1.165) is 22.4 Å². The molecule has 1 heterocycles. The molecule has 1 atom stereocenters. The molecule has 0 saturated heterocycles. The number of amides is 1. The van der Waals surface area contributed by atoms with E-state index < -0.39 is 0 Å². The Labute approximate surface area is 224 Å². The van der Waals surface area contributed by atoms with Gasteiger partial charge in [-0.05, 0) is 80.3 Å². The van der Waals surface area contributed by atoms with Gasteiger partial charge in [0, 0.05) is 5.92 Å². The van der Waals surface area contributed by atoms with Crippen LogP contribution in [0.3, 0.4) is 0 Å². The lowest BCUT2D eigenvalue weighted by atomic mass is 10.00. The quantitative estimate of drug-likeness (QED) is 0.323. The molecule has 0 saturated carbocycles. The van der Waals surface area contributed by atoms with Crippen LogP contribution in [0.25, 0.3) is 12.2 Å². The molecule has 38 heavy (non-hydrogen) atoms. The van der Waals surface area contributed by atoms with Crippen molar-refractivity contribution in [1.29, 1.82) is 0 Å². The van der Waals surface area contributed by atoms with E-state index in [1.54, 1.807) is 14.2 Å². The molecule has 3 aromatic carbocycles. The number of carbonyl (C=O) groups is 1. The summed E-state index contributed by atoms with van der Waals surface area (Å²) in [6, 6.07) is 17.3. The predicted molar refractivity (Wildman–Crippen MR) is 149 cm³/mol. The molecule has 7 nitrogen and oxygen atoms in total. The van der Waals surface area contributed by atoms with Crippen LogP contribution in [0.5, 0.6) is 28.7 Å². The van der Waals surface area contributed by atoms with Crippen LogP contribution in [0, 0.1) is 5.92 Å². The number of methoxy groups -OCH3 is 2. The Balaban J connectivity index is 1.44. The predicted octanol–water partition coefficient (Wildman–Crippen LogP) is 6.60. The Morgan fingerprint density at radius 2 is 1.66 bits per heavy atom. The van der Waals surface area contributed by atoms with E-state index in [4.69, 9.17) is 23.7 Å². The normalized spacial score (nSPS) is 13.3. The SMILES string of the molecule is COc1ccc(/C=C\c2cc(OC)c3c(c2)OCO3)cc1NC(=O)[C@@H](C)Cc1ccc(OC(C)(C)C)cc1. The Hall–Kier alpha value is -4.13. The number of hydrogen-bond acceptors (Lipinski definition) is 6. The monoisotopic (exact) mass is 517 g/mol.